The molecular weight excluding hydrogens is 1080 g/mol. The molecule has 2 amide bonds. The van der Waals surface area contributed by atoms with E-state index >= 15 is 0 Å². The number of nitrogens with one attached hydrogen (secondary N) is 1. The molecule has 4 aliphatic heterocycles. The number of hydrogen-bond acceptors (Lipinski definition) is 16. The molecular formula is C66H80N10O7S. The third kappa shape index (κ3) is 13.1. The Hall–Kier alpha value is -7.01. The van der Waals surface area contributed by atoms with E-state index in [2.05, 4.69) is 106 Å². The number of benzene rings is 4. The summed E-state index contributed by atoms with van der Waals surface area (Å²) in [7, 11) is 3.90. The van der Waals surface area contributed by atoms with Gasteiger partial charge in [0.15, 0.2) is 0 Å². The number of anilines is 2. The predicted octanol–water partition coefficient (Wildman–Crippen LogP) is 9.58. The molecule has 4 aromatic carbocycles. The average Bonchev–Trinajstić information content (AvgIpc) is 2.81. The summed E-state index contributed by atoms with van der Waals surface area (Å²) in [4.78, 5) is 66.6. The highest BCUT2D eigenvalue weighted by Gasteiger charge is 2.41. The first-order valence-corrected chi connectivity index (χ1v) is 31.3. The number of ether oxygens (including phenoxy) is 4. The fourth-order valence-electron chi connectivity index (χ4n) is 13.5. The van der Waals surface area contributed by atoms with E-state index in [9.17, 15) is 19.6 Å². The number of rotatable bonds is 23. The number of amides is 2. The highest BCUT2D eigenvalue weighted by Crippen LogP contribution is 2.42. The van der Waals surface area contributed by atoms with Gasteiger partial charge in [-0.25, -0.2) is 4.98 Å². The van der Waals surface area contributed by atoms with Gasteiger partial charge in [0.25, 0.3) is 0 Å². The van der Waals surface area contributed by atoms with Crippen molar-refractivity contribution in [2.75, 3.05) is 96.2 Å². The number of Topliss-reactive ketones (excluding diaryl/α,β-unsaturated/α-hetero) is 1. The lowest BCUT2D eigenvalue weighted by molar-refractivity contribution is -0.141. The average molecular weight is 1160 g/mol. The zero-order valence-corrected chi connectivity index (χ0v) is 49.8. The Kier molecular flexibility index (Phi) is 19.1. The van der Waals surface area contributed by atoms with Crippen LogP contribution in [0.25, 0.3) is 32.8 Å². The summed E-state index contributed by atoms with van der Waals surface area (Å²) < 4.78 is 25.3. The number of likely N-dealkylation sites (tertiary alicyclic amines) is 2. The van der Waals surface area contributed by atoms with Gasteiger partial charge >= 0.3 is 6.01 Å². The van der Waals surface area contributed by atoms with E-state index in [4.69, 9.17) is 33.9 Å². The molecule has 1 aliphatic carbocycles. The molecule has 6 aromatic rings. The summed E-state index contributed by atoms with van der Waals surface area (Å²) in [5, 5.41) is 20.3. The van der Waals surface area contributed by atoms with Gasteiger partial charge < -0.3 is 43.9 Å². The van der Waals surface area contributed by atoms with Crippen LogP contribution in [0.1, 0.15) is 93.4 Å². The van der Waals surface area contributed by atoms with Gasteiger partial charge in [-0.3, -0.25) is 19.3 Å². The molecule has 0 unspecified atom stereocenters. The second-order valence-corrected chi connectivity index (χ2v) is 24.2. The maximum absolute atomic E-state index is 14.5. The van der Waals surface area contributed by atoms with Crippen LogP contribution in [0.15, 0.2) is 96.9 Å². The molecule has 0 spiro atoms. The minimum Gasteiger partial charge on any atom is -0.491 e. The van der Waals surface area contributed by atoms with Gasteiger partial charge in [0.1, 0.15) is 35.6 Å². The number of piperazine rings is 1. The Morgan fingerprint density at radius 2 is 1.62 bits per heavy atom. The molecule has 17 nitrogen and oxygen atoms in total. The van der Waals surface area contributed by atoms with Gasteiger partial charge in [-0.2, -0.15) is 15.2 Å². The summed E-state index contributed by atoms with van der Waals surface area (Å²) in [5.74, 6) is 1.61. The minimum atomic E-state index is -0.294. The number of carbonyl (C=O) groups is 3. The van der Waals surface area contributed by atoms with Crippen LogP contribution in [-0.4, -0.2) is 158 Å². The third-order valence-electron chi connectivity index (χ3n) is 18.2. The van der Waals surface area contributed by atoms with Crippen molar-refractivity contribution in [1.82, 2.24) is 35.0 Å². The van der Waals surface area contributed by atoms with Crippen LogP contribution < -0.4 is 24.6 Å². The number of fused-ring (bicyclic) bond motifs is 3. The smallest absolute Gasteiger partial charge is 0.318 e. The van der Waals surface area contributed by atoms with Crippen LogP contribution >= 0.6 is 11.3 Å². The number of carbonyl (C=O) groups excluding carboxylic acids is 3. The zero-order chi connectivity index (χ0) is 58.1. The van der Waals surface area contributed by atoms with Gasteiger partial charge in [0, 0.05) is 90.6 Å². The van der Waals surface area contributed by atoms with Gasteiger partial charge in [0.2, 0.25) is 11.8 Å². The molecule has 84 heavy (non-hydrogen) atoms. The number of likely N-dealkylation sites (N-methyl/N-ethyl adjacent to an activating group) is 2. The van der Waals surface area contributed by atoms with Crippen molar-refractivity contribution in [1.29, 1.82) is 5.26 Å². The Morgan fingerprint density at radius 1 is 0.821 bits per heavy atom. The summed E-state index contributed by atoms with van der Waals surface area (Å²) in [6.07, 6.45) is 10.6. The molecule has 6 heterocycles. The van der Waals surface area contributed by atoms with E-state index in [0.29, 0.717) is 78.2 Å². The Labute approximate surface area is 497 Å². The topological polar surface area (TPSA) is 179 Å². The molecule has 4 fully saturated rings. The predicted molar refractivity (Wildman–Crippen MR) is 328 cm³/mol. The normalized spacial score (nSPS) is 21.1. The lowest BCUT2D eigenvalue weighted by Gasteiger charge is -2.42. The number of nitriles is 1. The van der Waals surface area contributed by atoms with Gasteiger partial charge in [-0.05, 0) is 101 Å². The maximum Gasteiger partial charge on any atom is 0.318 e. The SMILES string of the molecule is C=CC(=O)N1CCN(c2nc(OC[C@@H]3C[C@@H](OCCOCCOc4ccc(-c5csc([C@@H]6CCCN6C(=O)[C@@H](CC(=O)[C@H](C)NC)C6CCCCC6)n5)c5ccccc45)CN3C)nc3c2CCN(c2cccc4ccccc24)C3)C[C@@H]1CC#N. The van der Waals surface area contributed by atoms with Crippen LogP contribution in [0.2, 0.25) is 0 Å². The molecule has 0 radical (unpaired) electrons. The lowest BCUT2D eigenvalue weighted by Crippen LogP contribution is -2.55. The zero-order valence-electron chi connectivity index (χ0n) is 49.0. The molecule has 11 rings (SSSR count). The van der Waals surface area contributed by atoms with Crippen LogP contribution in [0.3, 0.4) is 0 Å². The highest BCUT2D eigenvalue weighted by molar-refractivity contribution is 7.10. The van der Waals surface area contributed by atoms with Crippen LogP contribution in [-0.2, 0) is 36.8 Å². The van der Waals surface area contributed by atoms with Gasteiger partial charge in [-0.15, -0.1) is 11.3 Å². The number of nitrogens with zero attached hydrogens (tertiary/aromatic N) is 9. The van der Waals surface area contributed by atoms with Crippen molar-refractivity contribution < 1.29 is 33.3 Å². The van der Waals surface area contributed by atoms with Crippen molar-refractivity contribution in [3.8, 4) is 29.1 Å². The molecule has 6 atom stereocenters. The van der Waals surface area contributed by atoms with Crippen molar-refractivity contribution in [2.45, 2.75) is 114 Å². The van der Waals surface area contributed by atoms with Crippen LogP contribution in [0.4, 0.5) is 11.5 Å². The number of ketones is 1. The van der Waals surface area contributed by atoms with Crippen molar-refractivity contribution in [3.63, 3.8) is 0 Å². The number of aromatic nitrogens is 3. The Morgan fingerprint density at radius 3 is 2.44 bits per heavy atom. The summed E-state index contributed by atoms with van der Waals surface area (Å²) in [6.45, 7) is 12.0. The van der Waals surface area contributed by atoms with Crippen molar-refractivity contribution in [2.24, 2.45) is 11.8 Å². The van der Waals surface area contributed by atoms with E-state index in [1.54, 1.807) is 23.3 Å². The summed E-state index contributed by atoms with van der Waals surface area (Å²) in [6, 6.07) is 29.3. The second kappa shape index (κ2) is 27.4. The third-order valence-corrected chi connectivity index (χ3v) is 19.1. The highest BCUT2D eigenvalue weighted by atomic mass is 32.1. The first kappa shape index (κ1) is 58.8. The number of thiazole rings is 1. The fraction of sp³-hybridized carbons (Fsp3) is 0.500. The van der Waals surface area contributed by atoms with Crippen molar-refractivity contribution in [3.05, 3.63) is 113 Å². The monoisotopic (exact) mass is 1160 g/mol. The van der Waals surface area contributed by atoms with Crippen molar-refractivity contribution >= 4 is 62.0 Å². The largest absolute Gasteiger partial charge is 0.491 e. The minimum absolute atomic E-state index is 0.00968. The second-order valence-electron chi connectivity index (χ2n) is 23.3. The molecule has 18 heteroatoms. The Balaban J connectivity index is 0.672. The molecule has 1 saturated carbocycles. The standard InChI is InChI=1S/C66H80N10O7S/c1-5-62(78)75-32-31-74(39-47(75)26-28-67)63-54-27-30-73(58-22-13-18-45-17-9-10-19-50(45)58)41-56(54)70-66(71-63)83-42-48-37-49(40-72(48)4)81-35-33-80-34-36-82-61-25-24-52(51-20-11-12-21-53(51)61)57-43-84-64(69-57)59-23-14-29-76(59)65(79)55(38-60(77)44(2)68-3)46-15-7-6-8-16-46/h5,9-13,17-22,24-25,43-44,46-49,55,59,68H,1,6-8,14-16,23,26-27,29-42H2,2-4H3/t44-,47-,48-,49+,55-,59-/m0/s1. The molecule has 5 aliphatic rings. The molecule has 2 aromatic heterocycles. The summed E-state index contributed by atoms with van der Waals surface area (Å²) in [5.41, 5.74) is 5.07. The quantitative estimate of drug-likeness (QED) is 0.0473. The molecule has 442 valence electrons. The molecule has 3 saturated heterocycles. The molecule has 0 bridgehead atoms. The van der Waals surface area contributed by atoms with Crippen LogP contribution in [0.5, 0.6) is 11.8 Å². The maximum atomic E-state index is 14.5. The van der Waals surface area contributed by atoms with Gasteiger partial charge in [0.05, 0.1) is 74.5 Å². The Bertz CT molecular complexity index is 3340. The van der Waals surface area contributed by atoms with E-state index < -0.39 is 0 Å². The van der Waals surface area contributed by atoms with E-state index in [1.807, 2.05) is 30.0 Å². The van der Waals surface area contributed by atoms with Crippen LogP contribution in [0, 0.1) is 23.2 Å². The first-order chi connectivity index (χ1) is 41.1. The van der Waals surface area contributed by atoms with E-state index in [0.717, 1.165) is 120 Å². The molecule has 1 N–H and O–H groups in total. The fourth-order valence-corrected chi connectivity index (χ4v) is 14.4. The van der Waals surface area contributed by atoms with E-state index in [-0.39, 0.29) is 66.1 Å². The lowest BCUT2D eigenvalue weighted by atomic mass is 9.76. The van der Waals surface area contributed by atoms with E-state index in [1.165, 1.54) is 23.3 Å². The summed E-state index contributed by atoms with van der Waals surface area (Å²) >= 11 is 1.62. The number of hydrogen-bond donors (Lipinski definition) is 1. The van der Waals surface area contributed by atoms with Gasteiger partial charge in [-0.1, -0.05) is 86.5 Å². The first-order valence-electron chi connectivity index (χ1n) is 30.4.